The van der Waals surface area contributed by atoms with E-state index in [1.165, 1.54) is 0 Å². The van der Waals surface area contributed by atoms with Crippen molar-refractivity contribution in [1.29, 1.82) is 0 Å². The first-order valence-electron chi connectivity index (χ1n) is 27.2. The molecule has 3 heterocycles. The van der Waals surface area contributed by atoms with Gasteiger partial charge in [0.1, 0.15) is 0 Å². The molecule has 0 bridgehead atoms. The van der Waals surface area contributed by atoms with Crippen molar-refractivity contribution in [2.24, 2.45) is 0 Å². The van der Waals surface area contributed by atoms with E-state index in [9.17, 15) is 4.11 Å². The van der Waals surface area contributed by atoms with Gasteiger partial charge in [0.05, 0.1) is 26.2 Å². The van der Waals surface area contributed by atoms with Crippen molar-refractivity contribution in [3.8, 4) is 23.3 Å². The van der Waals surface area contributed by atoms with E-state index in [4.69, 9.17) is 15.0 Å². The molecule has 0 unspecified atom stereocenters. The van der Waals surface area contributed by atoms with Crippen molar-refractivity contribution >= 4 is 101 Å². The second-order valence-electron chi connectivity index (χ2n) is 19.2. The highest BCUT2D eigenvalue weighted by atomic mass is 28.3. The van der Waals surface area contributed by atoms with Gasteiger partial charge in [0.25, 0.3) is 0 Å². The second kappa shape index (κ2) is 18.7. The minimum atomic E-state index is -3.79. The Kier molecular flexibility index (Phi) is 10.3. The molecule has 0 aliphatic carbocycles. The van der Waals surface area contributed by atoms with E-state index in [-0.39, 0.29) is 29.5 Å². The smallest absolute Gasteiger partial charge is 0.240 e. The highest BCUT2D eigenvalue weighted by molar-refractivity contribution is 7.22. The monoisotopic (exact) mass is 1010 g/mol. The topological polar surface area (TPSA) is 48.5 Å². The van der Waals surface area contributed by atoms with E-state index < -0.39 is 16.1 Å². The predicted molar refractivity (Wildman–Crippen MR) is 321 cm³/mol. The standard InChI is InChI=1S/C69H49N5Si2/c1-7-27-51(28-8-1)75(52-29-9-2-10-30-52,53-31-11-3-12-32-53)57-47-50(48-58(49-57)76(54-33-13-4-14-34-54,55-35-15-5-16-36-55)56-37-17-6-18-38-56)67-70-68(73-63-43-23-19-39-59(63)60-40-20-24-44-64(60)73)72-69(71-67)74-65-45-25-21-41-61(65)62-42-22-26-46-66(62)74/h1-49H/i47D,48D,49D. The molecule has 0 radical (unpaired) electrons. The SMILES string of the molecule is [2H]c1c(-c2nc(-n3c4ccccc4c4ccccc43)nc(-n3c4ccccc4c4ccccc43)n2)c([2H])c([Si](c2ccccc2)(c2ccccc2)c2ccccc2)c([2H])c1[Si](c1ccccc1)(c1ccccc1)c1ccccc1. The fourth-order valence-corrected chi connectivity index (χ4v) is 21.2. The number of rotatable bonds is 11. The van der Waals surface area contributed by atoms with Crippen LogP contribution in [0.25, 0.3) is 66.9 Å². The molecule has 14 rings (SSSR count). The Balaban J connectivity index is 1.23. The maximum Gasteiger partial charge on any atom is 0.240 e. The average molecular weight is 1010 g/mol. The van der Waals surface area contributed by atoms with Crippen LogP contribution in [-0.2, 0) is 0 Å². The Morgan fingerprint density at radius 3 is 0.750 bits per heavy atom. The van der Waals surface area contributed by atoms with Crippen molar-refractivity contribution < 1.29 is 4.11 Å². The van der Waals surface area contributed by atoms with Gasteiger partial charge in [0.15, 0.2) is 22.0 Å². The Labute approximate surface area is 447 Å². The molecule has 14 aromatic rings. The molecule has 76 heavy (non-hydrogen) atoms. The quantitative estimate of drug-likeness (QED) is 0.0958. The third-order valence-electron chi connectivity index (χ3n) is 15.1. The Morgan fingerprint density at radius 1 is 0.250 bits per heavy atom. The number of hydrogen-bond donors (Lipinski definition) is 0. The molecule has 0 saturated heterocycles. The molecule has 0 aliphatic rings. The van der Waals surface area contributed by atoms with Gasteiger partial charge in [-0.3, -0.25) is 9.13 Å². The largest absolute Gasteiger partial charge is 0.278 e. The lowest BCUT2D eigenvalue weighted by Gasteiger charge is -2.38. The molecule has 0 spiro atoms. The van der Waals surface area contributed by atoms with Crippen LogP contribution in [0, 0.1) is 0 Å². The minimum Gasteiger partial charge on any atom is -0.278 e. The van der Waals surface area contributed by atoms with E-state index in [0.717, 1.165) is 74.7 Å². The molecule has 0 saturated carbocycles. The van der Waals surface area contributed by atoms with Gasteiger partial charge in [-0.15, -0.1) is 0 Å². The third kappa shape index (κ3) is 7.16. The van der Waals surface area contributed by atoms with Gasteiger partial charge >= 0.3 is 0 Å². The van der Waals surface area contributed by atoms with Crippen LogP contribution >= 0.6 is 0 Å². The molecule has 11 aromatic carbocycles. The molecule has 358 valence electrons. The summed E-state index contributed by atoms with van der Waals surface area (Å²) in [5.74, 6) is 0.841. The summed E-state index contributed by atoms with van der Waals surface area (Å²) >= 11 is 0. The van der Waals surface area contributed by atoms with Crippen LogP contribution in [0.3, 0.4) is 0 Å². The summed E-state index contributed by atoms with van der Waals surface area (Å²) in [7, 11) is -7.57. The number of nitrogens with zero attached hydrogens (tertiary/aromatic N) is 5. The molecule has 3 aromatic heterocycles. The highest BCUT2D eigenvalue weighted by Crippen LogP contribution is 2.34. The Morgan fingerprint density at radius 2 is 0.487 bits per heavy atom. The van der Waals surface area contributed by atoms with Crippen molar-refractivity contribution in [1.82, 2.24) is 24.1 Å². The lowest BCUT2D eigenvalue weighted by atomic mass is 10.2. The van der Waals surface area contributed by atoms with Gasteiger partial charge in [0, 0.05) is 27.1 Å². The summed E-state index contributed by atoms with van der Waals surface area (Å²) in [5, 5.41) is 11.3. The fourth-order valence-electron chi connectivity index (χ4n) is 11.9. The zero-order valence-corrected chi connectivity index (χ0v) is 43.3. The molecule has 0 aliphatic heterocycles. The first kappa shape index (κ1) is 41.9. The summed E-state index contributed by atoms with van der Waals surface area (Å²) in [6, 6.07) is 96.4. The molecule has 5 nitrogen and oxygen atoms in total. The van der Waals surface area contributed by atoms with Crippen LogP contribution in [0.15, 0.2) is 297 Å². The zero-order chi connectivity index (χ0) is 53.1. The minimum absolute atomic E-state index is 0.0339. The molecule has 0 fully saturated rings. The Hall–Kier alpha value is -9.54. The summed E-state index contributed by atoms with van der Waals surface area (Å²) < 4.78 is 38.2. The van der Waals surface area contributed by atoms with Crippen LogP contribution in [0.5, 0.6) is 0 Å². The van der Waals surface area contributed by atoms with Gasteiger partial charge in [-0.2, -0.15) is 15.0 Å². The molecule has 7 heteroatoms. The number of aromatic nitrogens is 5. The lowest BCUT2D eigenvalue weighted by Crippen LogP contribution is -2.78. The van der Waals surface area contributed by atoms with Gasteiger partial charge < -0.3 is 0 Å². The average Bonchev–Trinajstić information content (AvgIpc) is 4.22. The normalized spacial score (nSPS) is 12.5. The summed E-state index contributed by atoms with van der Waals surface area (Å²) in [6.45, 7) is 0. The van der Waals surface area contributed by atoms with E-state index in [2.05, 4.69) is 228 Å². The summed E-state index contributed by atoms with van der Waals surface area (Å²) in [6.07, 6.45) is 0. The number of benzene rings is 11. The van der Waals surface area contributed by atoms with Crippen LogP contribution < -0.4 is 41.5 Å². The summed E-state index contributed by atoms with van der Waals surface area (Å²) in [5.41, 5.74) is 3.84. The number of fused-ring (bicyclic) bond motifs is 6. The van der Waals surface area contributed by atoms with Crippen molar-refractivity contribution in [3.05, 3.63) is 297 Å². The molecule has 0 atom stereocenters. The van der Waals surface area contributed by atoms with Crippen LogP contribution in [-0.4, -0.2) is 40.2 Å². The van der Waals surface area contributed by atoms with Crippen molar-refractivity contribution in [2.75, 3.05) is 0 Å². The van der Waals surface area contributed by atoms with E-state index in [0.29, 0.717) is 22.3 Å². The van der Waals surface area contributed by atoms with E-state index in [1.807, 2.05) is 60.7 Å². The van der Waals surface area contributed by atoms with Crippen molar-refractivity contribution in [3.63, 3.8) is 0 Å². The summed E-state index contributed by atoms with van der Waals surface area (Å²) in [4.78, 5) is 16.7. The molecular formula is C69H49N5Si2. The lowest BCUT2D eigenvalue weighted by molar-refractivity contribution is 0.893. The number of hydrogen-bond acceptors (Lipinski definition) is 3. The van der Waals surface area contributed by atoms with Crippen molar-refractivity contribution in [2.45, 2.75) is 0 Å². The molecular weight excluding hydrogens is 955 g/mol. The van der Waals surface area contributed by atoms with Crippen LogP contribution in [0.2, 0.25) is 0 Å². The van der Waals surface area contributed by atoms with Gasteiger partial charge in [-0.05, 0) is 65.8 Å². The third-order valence-corrected chi connectivity index (χ3v) is 24.3. The predicted octanol–water partition coefficient (Wildman–Crippen LogP) is 10.5. The van der Waals surface area contributed by atoms with E-state index in [1.54, 1.807) is 0 Å². The highest BCUT2D eigenvalue weighted by Gasteiger charge is 2.46. The number of para-hydroxylation sites is 4. The maximum absolute atomic E-state index is 11.4. The van der Waals surface area contributed by atoms with Crippen LogP contribution in [0.4, 0.5) is 0 Å². The van der Waals surface area contributed by atoms with Gasteiger partial charge in [-0.1, -0.05) is 273 Å². The van der Waals surface area contributed by atoms with E-state index >= 15 is 0 Å². The van der Waals surface area contributed by atoms with Gasteiger partial charge in [0.2, 0.25) is 11.9 Å². The van der Waals surface area contributed by atoms with Gasteiger partial charge in [-0.25, -0.2) is 0 Å². The molecule has 0 amide bonds. The van der Waals surface area contributed by atoms with Crippen LogP contribution in [0.1, 0.15) is 4.11 Å². The Bertz CT molecular complexity index is 3990. The zero-order valence-electron chi connectivity index (χ0n) is 44.3. The fraction of sp³-hybridized carbons (Fsp3) is 0. The maximum atomic E-state index is 11.4. The second-order valence-corrected chi connectivity index (χ2v) is 26.7. The first-order valence-corrected chi connectivity index (χ1v) is 29.7. The molecule has 0 N–H and O–H groups in total. The first-order chi connectivity index (χ1) is 39.0.